The first kappa shape index (κ1) is 22.0. The molecule has 5 nitrogen and oxygen atoms in total. The predicted octanol–water partition coefficient (Wildman–Crippen LogP) is 4.64. The Bertz CT molecular complexity index is 506. The molecule has 26 heavy (non-hydrogen) atoms. The van der Waals surface area contributed by atoms with Crippen LogP contribution in [0.1, 0.15) is 70.8 Å². The molecule has 0 spiro atoms. The van der Waals surface area contributed by atoms with Gasteiger partial charge in [0.25, 0.3) is 0 Å². The quantitative estimate of drug-likeness (QED) is 0.290. The lowest BCUT2D eigenvalue weighted by molar-refractivity contribution is -0.156. The second-order valence-electron chi connectivity index (χ2n) is 6.12. The minimum atomic E-state index is -1.05. The van der Waals surface area contributed by atoms with Crippen molar-refractivity contribution >= 4 is 11.9 Å². The number of unbranched alkanes of at least 4 members (excludes halogenated alkanes) is 5. The van der Waals surface area contributed by atoms with Gasteiger partial charge in [0.1, 0.15) is 5.75 Å². The molecular formula is C21H32O5. The summed E-state index contributed by atoms with van der Waals surface area (Å²) in [5, 5.41) is 0. The SMILES string of the molecule is CCCCCCCCOc1ccc(C(C(=O)OCC)C(=O)OCC)cc1. The van der Waals surface area contributed by atoms with Crippen molar-refractivity contribution in [1.29, 1.82) is 0 Å². The lowest BCUT2D eigenvalue weighted by atomic mass is 9.99. The summed E-state index contributed by atoms with van der Waals surface area (Å²) >= 11 is 0. The molecule has 146 valence electrons. The van der Waals surface area contributed by atoms with Crippen LogP contribution in [0.5, 0.6) is 5.75 Å². The second kappa shape index (κ2) is 13.2. The van der Waals surface area contributed by atoms with Crippen LogP contribution < -0.4 is 4.74 Å². The minimum Gasteiger partial charge on any atom is -0.494 e. The van der Waals surface area contributed by atoms with E-state index < -0.39 is 17.9 Å². The molecule has 0 atom stereocenters. The molecule has 1 aromatic rings. The normalized spacial score (nSPS) is 10.6. The third-order valence-electron chi connectivity index (χ3n) is 4.02. The Morgan fingerprint density at radius 3 is 1.88 bits per heavy atom. The third kappa shape index (κ3) is 7.89. The maximum atomic E-state index is 12.1. The zero-order valence-corrected chi connectivity index (χ0v) is 16.3. The number of hydrogen-bond donors (Lipinski definition) is 0. The molecular weight excluding hydrogens is 332 g/mol. The first-order valence-corrected chi connectivity index (χ1v) is 9.70. The molecule has 0 amide bonds. The largest absolute Gasteiger partial charge is 0.494 e. The number of benzene rings is 1. The van der Waals surface area contributed by atoms with Gasteiger partial charge < -0.3 is 14.2 Å². The van der Waals surface area contributed by atoms with E-state index >= 15 is 0 Å². The van der Waals surface area contributed by atoms with Crippen molar-refractivity contribution in [2.45, 2.75) is 65.2 Å². The van der Waals surface area contributed by atoms with Crippen LogP contribution in [0.3, 0.4) is 0 Å². The van der Waals surface area contributed by atoms with Crippen molar-refractivity contribution in [3.8, 4) is 5.75 Å². The molecule has 1 aromatic carbocycles. The molecule has 1 rings (SSSR count). The topological polar surface area (TPSA) is 61.8 Å². The van der Waals surface area contributed by atoms with Gasteiger partial charge in [0, 0.05) is 0 Å². The standard InChI is InChI=1S/C21H32O5/c1-4-7-8-9-10-11-16-26-18-14-12-17(13-15-18)19(20(22)24-5-2)21(23)25-6-3/h12-15,19H,4-11,16H2,1-3H3. The Morgan fingerprint density at radius 1 is 0.808 bits per heavy atom. The summed E-state index contributed by atoms with van der Waals surface area (Å²) in [6.45, 7) is 6.73. The number of ether oxygens (including phenoxy) is 3. The van der Waals surface area contributed by atoms with E-state index in [1.807, 2.05) is 0 Å². The highest BCUT2D eigenvalue weighted by molar-refractivity contribution is 6.00. The second-order valence-corrected chi connectivity index (χ2v) is 6.12. The number of carbonyl (C=O) groups excluding carboxylic acids is 2. The molecule has 0 aliphatic rings. The Morgan fingerprint density at radius 2 is 1.35 bits per heavy atom. The Kier molecular flexibility index (Phi) is 11.2. The first-order valence-electron chi connectivity index (χ1n) is 9.70. The summed E-state index contributed by atoms with van der Waals surface area (Å²) in [6.07, 6.45) is 7.28. The van der Waals surface area contributed by atoms with Crippen LogP contribution in [0.25, 0.3) is 0 Å². The van der Waals surface area contributed by atoms with Crippen molar-refractivity contribution in [1.82, 2.24) is 0 Å². The van der Waals surface area contributed by atoms with Gasteiger partial charge in [0.05, 0.1) is 19.8 Å². The van der Waals surface area contributed by atoms with Crippen LogP contribution in [-0.2, 0) is 19.1 Å². The van der Waals surface area contributed by atoms with E-state index in [4.69, 9.17) is 14.2 Å². The minimum absolute atomic E-state index is 0.216. The van der Waals surface area contributed by atoms with E-state index in [9.17, 15) is 9.59 Å². The van der Waals surface area contributed by atoms with Gasteiger partial charge in [0.2, 0.25) is 0 Å². The molecule has 5 heteroatoms. The van der Waals surface area contributed by atoms with E-state index in [-0.39, 0.29) is 13.2 Å². The van der Waals surface area contributed by atoms with Gasteiger partial charge in [-0.15, -0.1) is 0 Å². The van der Waals surface area contributed by atoms with Gasteiger partial charge in [-0.25, -0.2) is 0 Å². The summed E-state index contributed by atoms with van der Waals surface area (Å²) in [5.41, 5.74) is 0.550. The number of esters is 2. The van der Waals surface area contributed by atoms with Crippen molar-refractivity contribution in [3.05, 3.63) is 29.8 Å². The maximum absolute atomic E-state index is 12.1. The smallest absolute Gasteiger partial charge is 0.324 e. The molecule has 0 unspecified atom stereocenters. The predicted molar refractivity (Wildman–Crippen MR) is 101 cm³/mol. The fraction of sp³-hybridized carbons (Fsp3) is 0.619. The molecule has 0 saturated carbocycles. The zero-order valence-electron chi connectivity index (χ0n) is 16.3. The first-order chi connectivity index (χ1) is 12.6. The Balaban J connectivity index is 2.56. The van der Waals surface area contributed by atoms with Gasteiger partial charge in [-0.2, -0.15) is 0 Å². The number of hydrogen-bond acceptors (Lipinski definition) is 5. The van der Waals surface area contributed by atoms with Crippen LogP contribution in [0.4, 0.5) is 0 Å². The van der Waals surface area contributed by atoms with Gasteiger partial charge in [-0.3, -0.25) is 9.59 Å². The van der Waals surface area contributed by atoms with Crippen LogP contribution >= 0.6 is 0 Å². The summed E-state index contributed by atoms with van der Waals surface area (Å²) < 4.78 is 15.7. The van der Waals surface area contributed by atoms with Crippen LogP contribution in [0, 0.1) is 0 Å². The lowest BCUT2D eigenvalue weighted by Gasteiger charge is -2.15. The fourth-order valence-electron chi connectivity index (χ4n) is 2.65. The van der Waals surface area contributed by atoms with Gasteiger partial charge in [-0.05, 0) is 38.0 Å². The highest BCUT2D eigenvalue weighted by Gasteiger charge is 2.31. The molecule has 0 bridgehead atoms. The fourth-order valence-corrected chi connectivity index (χ4v) is 2.65. The van der Waals surface area contributed by atoms with Crippen LogP contribution in [0.2, 0.25) is 0 Å². The summed E-state index contributed by atoms with van der Waals surface area (Å²) in [5.74, 6) is -1.50. The maximum Gasteiger partial charge on any atom is 0.324 e. The number of rotatable bonds is 13. The molecule has 0 radical (unpaired) electrons. The molecule has 0 aliphatic carbocycles. The molecule has 0 aromatic heterocycles. The van der Waals surface area contributed by atoms with E-state index in [0.717, 1.165) is 12.2 Å². The van der Waals surface area contributed by atoms with Crippen LogP contribution in [0.15, 0.2) is 24.3 Å². The highest BCUT2D eigenvalue weighted by Crippen LogP contribution is 2.23. The Labute approximate surface area is 157 Å². The van der Waals surface area contributed by atoms with Crippen LogP contribution in [-0.4, -0.2) is 31.8 Å². The third-order valence-corrected chi connectivity index (χ3v) is 4.02. The van der Waals surface area contributed by atoms with Gasteiger partial charge in [-0.1, -0.05) is 51.2 Å². The molecule has 0 heterocycles. The van der Waals surface area contributed by atoms with Gasteiger partial charge >= 0.3 is 11.9 Å². The average molecular weight is 364 g/mol. The number of carbonyl (C=O) groups is 2. The van der Waals surface area contributed by atoms with Crippen molar-refractivity contribution in [2.24, 2.45) is 0 Å². The summed E-state index contributed by atoms with van der Waals surface area (Å²) in [6, 6.07) is 6.99. The highest BCUT2D eigenvalue weighted by atomic mass is 16.6. The lowest BCUT2D eigenvalue weighted by Crippen LogP contribution is -2.26. The summed E-state index contributed by atoms with van der Waals surface area (Å²) in [4.78, 5) is 24.2. The van der Waals surface area contributed by atoms with Crippen molar-refractivity contribution in [3.63, 3.8) is 0 Å². The summed E-state index contributed by atoms with van der Waals surface area (Å²) in [7, 11) is 0. The Hall–Kier alpha value is -2.04. The van der Waals surface area contributed by atoms with E-state index in [1.165, 1.54) is 32.1 Å². The van der Waals surface area contributed by atoms with E-state index in [2.05, 4.69) is 6.92 Å². The average Bonchev–Trinajstić information content (AvgIpc) is 2.63. The monoisotopic (exact) mass is 364 g/mol. The van der Waals surface area contributed by atoms with Crippen molar-refractivity contribution < 1.29 is 23.8 Å². The van der Waals surface area contributed by atoms with E-state index in [0.29, 0.717) is 12.2 Å². The van der Waals surface area contributed by atoms with Crippen molar-refractivity contribution in [2.75, 3.05) is 19.8 Å². The molecule has 0 aliphatic heterocycles. The molecule has 0 N–H and O–H groups in total. The van der Waals surface area contributed by atoms with E-state index in [1.54, 1.807) is 38.1 Å². The molecule has 0 fully saturated rings. The zero-order chi connectivity index (χ0) is 19.2. The molecule has 0 saturated heterocycles. The van der Waals surface area contributed by atoms with Gasteiger partial charge in [0.15, 0.2) is 5.92 Å².